The van der Waals surface area contributed by atoms with Crippen LogP contribution in [0.2, 0.25) is 0 Å². The summed E-state index contributed by atoms with van der Waals surface area (Å²) in [6, 6.07) is 18.7. The number of rotatable bonds is 11. The third-order valence-electron chi connectivity index (χ3n) is 6.03. The van der Waals surface area contributed by atoms with Gasteiger partial charge in [0, 0.05) is 51.0 Å². The van der Waals surface area contributed by atoms with Gasteiger partial charge in [0.2, 0.25) is 0 Å². The van der Waals surface area contributed by atoms with Crippen LogP contribution in [0.4, 0.5) is 9.52 Å². The lowest BCUT2D eigenvalue weighted by Gasteiger charge is -2.22. The topological polar surface area (TPSA) is 75.9 Å². The maximum Gasteiger partial charge on any atom is 0.263 e. The second-order valence-corrected chi connectivity index (χ2v) is 9.85. The Bertz CT molecular complexity index is 1440. The first-order valence-electron chi connectivity index (χ1n) is 12.3. The van der Waals surface area contributed by atoms with Gasteiger partial charge in [-0.25, -0.2) is 14.4 Å². The third-order valence-corrected chi connectivity index (χ3v) is 7.09. The minimum absolute atomic E-state index is 0.137. The summed E-state index contributed by atoms with van der Waals surface area (Å²) in [6.45, 7) is 2.47. The Hall–Kier alpha value is -4.37. The highest BCUT2D eigenvalue weighted by Crippen LogP contribution is 2.27. The van der Waals surface area contributed by atoms with E-state index in [1.165, 1.54) is 23.5 Å². The maximum atomic E-state index is 13.5. The van der Waals surface area contributed by atoms with Crippen molar-refractivity contribution in [1.82, 2.24) is 24.8 Å². The Kier molecular flexibility index (Phi) is 8.15. The molecule has 192 valence electrons. The van der Waals surface area contributed by atoms with E-state index in [9.17, 15) is 9.18 Å². The van der Waals surface area contributed by atoms with Gasteiger partial charge in [0.15, 0.2) is 5.13 Å². The van der Waals surface area contributed by atoms with Gasteiger partial charge >= 0.3 is 0 Å². The van der Waals surface area contributed by atoms with Crippen molar-refractivity contribution in [2.45, 2.75) is 26.1 Å². The molecule has 0 aliphatic rings. The van der Waals surface area contributed by atoms with Crippen LogP contribution in [0.3, 0.4) is 0 Å². The van der Waals surface area contributed by atoms with Crippen LogP contribution in [0.25, 0.3) is 11.1 Å². The van der Waals surface area contributed by atoms with Gasteiger partial charge in [-0.05, 0) is 46.9 Å². The molecule has 0 unspecified atom stereocenters. The van der Waals surface area contributed by atoms with Gasteiger partial charge in [-0.1, -0.05) is 53.8 Å². The van der Waals surface area contributed by atoms with Crippen LogP contribution in [0.5, 0.6) is 0 Å². The van der Waals surface area contributed by atoms with E-state index in [2.05, 4.69) is 49.4 Å². The van der Waals surface area contributed by atoms with E-state index in [0.29, 0.717) is 24.5 Å². The molecule has 3 aromatic heterocycles. The van der Waals surface area contributed by atoms with Crippen LogP contribution in [-0.2, 0) is 19.6 Å². The molecular weight excluding hydrogens is 499 g/mol. The quantitative estimate of drug-likeness (QED) is 0.228. The molecule has 7 nitrogen and oxygen atoms in total. The van der Waals surface area contributed by atoms with E-state index in [1.807, 2.05) is 29.1 Å². The highest BCUT2D eigenvalue weighted by molar-refractivity contribution is 7.17. The molecule has 5 rings (SSSR count). The number of hydrogen-bond donors (Lipinski definition) is 1. The molecule has 0 radical (unpaired) electrons. The van der Waals surface area contributed by atoms with Crippen LogP contribution in [0, 0.1) is 5.82 Å². The Balaban J connectivity index is 1.27. The molecule has 0 saturated heterocycles. The standard InChI is InChI=1S/C29H27FN6OS/c30-26-10-6-23(7-11-26)20-36(19-22-4-8-24(9-5-22)25-3-1-12-31-17-25)29-34-18-27(38-29)28(37)33-13-2-15-35-16-14-32-21-35/h1,3-12,14,16-18,21H,2,13,15,19-20H2,(H,33,37). The minimum atomic E-state index is -0.271. The third kappa shape index (κ3) is 6.68. The lowest BCUT2D eigenvalue weighted by molar-refractivity contribution is 0.0956. The highest BCUT2D eigenvalue weighted by Gasteiger charge is 2.16. The molecule has 9 heteroatoms. The number of carbonyl (C=O) groups is 1. The summed E-state index contributed by atoms with van der Waals surface area (Å²) in [6.07, 6.45) is 11.4. The zero-order chi connectivity index (χ0) is 26.2. The number of amides is 1. The van der Waals surface area contributed by atoms with Gasteiger partial charge in [0.05, 0.1) is 12.5 Å². The van der Waals surface area contributed by atoms with E-state index in [0.717, 1.165) is 40.4 Å². The molecule has 38 heavy (non-hydrogen) atoms. The molecule has 0 spiro atoms. The Labute approximate surface area is 224 Å². The molecule has 0 aliphatic carbocycles. The van der Waals surface area contributed by atoms with E-state index in [-0.39, 0.29) is 11.7 Å². The summed E-state index contributed by atoms with van der Waals surface area (Å²) >= 11 is 1.35. The monoisotopic (exact) mass is 526 g/mol. The number of carbonyl (C=O) groups excluding carboxylic acids is 1. The fourth-order valence-electron chi connectivity index (χ4n) is 4.04. The lowest BCUT2D eigenvalue weighted by atomic mass is 10.1. The summed E-state index contributed by atoms with van der Waals surface area (Å²) in [7, 11) is 0. The molecule has 0 fully saturated rings. The number of anilines is 1. The number of benzene rings is 2. The van der Waals surface area contributed by atoms with Crippen molar-refractivity contribution in [2.24, 2.45) is 0 Å². The molecule has 5 aromatic rings. The van der Waals surface area contributed by atoms with Crippen molar-refractivity contribution < 1.29 is 9.18 Å². The summed E-state index contributed by atoms with van der Waals surface area (Å²) in [5, 5.41) is 3.70. The summed E-state index contributed by atoms with van der Waals surface area (Å²) in [4.78, 5) is 28.2. The predicted molar refractivity (Wildman–Crippen MR) is 147 cm³/mol. The largest absolute Gasteiger partial charge is 0.351 e. The van der Waals surface area contributed by atoms with Crippen LogP contribution in [0.1, 0.15) is 27.2 Å². The van der Waals surface area contributed by atoms with Crippen LogP contribution < -0.4 is 10.2 Å². The number of halogens is 1. The summed E-state index contributed by atoms with van der Waals surface area (Å²) < 4.78 is 15.5. The molecule has 0 aliphatic heterocycles. The van der Waals surface area contributed by atoms with Crippen molar-refractivity contribution in [3.63, 3.8) is 0 Å². The van der Waals surface area contributed by atoms with Crippen molar-refractivity contribution in [3.05, 3.63) is 120 Å². The van der Waals surface area contributed by atoms with Gasteiger partial charge in [0.1, 0.15) is 10.7 Å². The molecule has 0 bridgehead atoms. The number of aromatic nitrogens is 4. The van der Waals surface area contributed by atoms with E-state index in [4.69, 9.17) is 0 Å². The van der Waals surface area contributed by atoms with Gasteiger partial charge < -0.3 is 14.8 Å². The number of thiazole rings is 1. The lowest BCUT2D eigenvalue weighted by Crippen LogP contribution is -2.24. The zero-order valence-corrected chi connectivity index (χ0v) is 21.5. The van der Waals surface area contributed by atoms with Crippen molar-refractivity contribution in [1.29, 1.82) is 0 Å². The molecule has 3 heterocycles. The van der Waals surface area contributed by atoms with Gasteiger partial charge in [-0.15, -0.1) is 0 Å². The summed E-state index contributed by atoms with van der Waals surface area (Å²) in [5.74, 6) is -0.408. The Morgan fingerprint density at radius 1 is 0.921 bits per heavy atom. The molecule has 2 aromatic carbocycles. The Morgan fingerprint density at radius 2 is 1.68 bits per heavy atom. The number of imidazole rings is 1. The number of hydrogen-bond acceptors (Lipinski definition) is 6. The minimum Gasteiger partial charge on any atom is -0.351 e. The van der Waals surface area contributed by atoms with E-state index in [1.54, 1.807) is 37.1 Å². The van der Waals surface area contributed by atoms with Crippen molar-refractivity contribution in [3.8, 4) is 11.1 Å². The van der Waals surface area contributed by atoms with Crippen LogP contribution >= 0.6 is 11.3 Å². The summed E-state index contributed by atoms with van der Waals surface area (Å²) in [5.41, 5.74) is 4.20. The average molecular weight is 527 g/mol. The number of nitrogens with one attached hydrogen (secondary N) is 1. The Morgan fingerprint density at radius 3 is 2.37 bits per heavy atom. The molecule has 0 saturated carbocycles. The first kappa shape index (κ1) is 25.3. The molecule has 1 amide bonds. The second-order valence-electron chi connectivity index (χ2n) is 8.84. The fraction of sp³-hybridized carbons (Fsp3) is 0.172. The van der Waals surface area contributed by atoms with Gasteiger partial charge in [-0.2, -0.15) is 0 Å². The zero-order valence-electron chi connectivity index (χ0n) is 20.7. The smallest absolute Gasteiger partial charge is 0.263 e. The highest BCUT2D eigenvalue weighted by atomic mass is 32.1. The van der Waals surface area contributed by atoms with Crippen molar-refractivity contribution in [2.75, 3.05) is 11.4 Å². The van der Waals surface area contributed by atoms with Crippen molar-refractivity contribution >= 4 is 22.4 Å². The predicted octanol–water partition coefficient (Wildman–Crippen LogP) is 5.57. The SMILES string of the molecule is O=C(NCCCn1ccnc1)c1cnc(N(Cc2ccc(F)cc2)Cc2ccc(-c3cccnc3)cc2)s1. The van der Waals surface area contributed by atoms with Gasteiger partial charge in [-0.3, -0.25) is 9.78 Å². The maximum absolute atomic E-state index is 13.5. The molecule has 0 atom stereocenters. The van der Waals surface area contributed by atoms with Gasteiger partial charge in [0.25, 0.3) is 5.91 Å². The molecule has 1 N–H and O–H groups in total. The first-order valence-corrected chi connectivity index (χ1v) is 13.1. The van der Waals surface area contributed by atoms with E-state index >= 15 is 0 Å². The molecular formula is C29H27FN6OS. The average Bonchev–Trinajstić information content (AvgIpc) is 3.66. The second kappa shape index (κ2) is 12.2. The number of aryl methyl sites for hydroxylation is 1. The number of pyridine rings is 1. The first-order chi connectivity index (χ1) is 18.6. The fourth-order valence-corrected chi connectivity index (χ4v) is 4.87. The normalized spacial score (nSPS) is 10.9. The van der Waals surface area contributed by atoms with Crippen LogP contribution in [0.15, 0.2) is 98.0 Å². The van der Waals surface area contributed by atoms with Crippen LogP contribution in [-0.4, -0.2) is 32.0 Å². The van der Waals surface area contributed by atoms with E-state index < -0.39 is 0 Å². The number of nitrogens with zero attached hydrogens (tertiary/aromatic N) is 5.